The molecule has 29 heavy (non-hydrogen) atoms. The first-order chi connectivity index (χ1) is 13.7. The molecule has 2 saturated heterocycles. The van der Waals surface area contributed by atoms with Gasteiger partial charge in [-0.1, -0.05) is 0 Å². The monoisotopic (exact) mass is 408 g/mol. The molecule has 1 atom stereocenters. The molecule has 0 aliphatic carbocycles. The normalized spacial score (nSPS) is 22.7. The quantitative estimate of drug-likeness (QED) is 0.469. The highest BCUT2D eigenvalue weighted by Crippen LogP contribution is 2.29. The van der Waals surface area contributed by atoms with Crippen molar-refractivity contribution in [2.45, 2.75) is 64.8 Å². The Kier molecular flexibility index (Phi) is 7.28. The molecule has 2 fully saturated rings. The van der Waals surface area contributed by atoms with Crippen LogP contribution in [0.1, 0.15) is 60.5 Å². The predicted octanol–water partition coefficient (Wildman–Crippen LogP) is 4.47. The van der Waals surface area contributed by atoms with Crippen molar-refractivity contribution in [1.82, 2.24) is 9.80 Å². The van der Waals surface area contributed by atoms with Gasteiger partial charge in [-0.05, 0) is 69.8 Å². The first kappa shape index (κ1) is 22.2. The number of carbonyl (C=O) groups excluding carboxylic acids is 1. The Morgan fingerprint density at radius 3 is 2.41 bits per heavy atom. The van der Waals surface area contributed by atoms with Crippen LogP contribution in [0, 0.1) is 13.8 Å². The zero-order valence-corrected chi connectivity index (χ0v) is 18.0. The SMILES string of the molecule is Cc1cc(C(=O)CN2CCC(F)(F)CC2)cc(C)c1OCCCN1CCC[C@H]1C. The van der Waals surface area contributed by atoms with Gasteiger partial charge in [0.1, 0.15) is 5.75 Å². The van der Waals surface area contributed by atoms with E-state index < -0.39 is 5.92 Å². The number of ether oxygens (including phenoxy) is 1. The lowest BCUT2D eigenvalue weighted by molar-refractivity contribution is -0.0536. The van der Waals surface area contributed by atoms with Crippen molar-refractivity contribution < 1.29 is 18.3 Å². The molecule has 0 aromatic heterocycles. The second-order valence-electron chi connectivity index (χ2n) is 8.72. The molecule has 0 unspecified atom stereocenters. The first-order valence-corrected chi connectivity index (χ1v) is 10.9. The number of hydrogen-bond acceptors (Lipinski definition) is 4. The van der Waals surface area contributed by atoms with Crippen LogP contribution < -0.4 is 4.74 Å². The molecular formula is C23H34F2N2O2. The van der Waals surface area contributed by atoms with E-state index in [1.165, 1.54) is 19.4 Å². The van der Waals surface area contributed by atoms with Gasteiger partial charge in [-0.3, -0.25) is 9.69 Å². The van der Waals surface area contributed by atoms with E-state index in [2.05, 4.69) is 11.8 Å². The van der Waals surface area contributed by atoms with Crippen LogP contribution in [-0.4, -0.2) is 66.9 Å². The Morgan fingerprint density at radius 2 is 1.83 bits per heavy atom. The highest BCUT2D eigenvalue weighted by Gasteiger charge is 2.34. The molecule has 3 rings (SSSR count). The van der Waals surface area contributed by atoms with Crippen LogP contribution in [0.3, 0.4) is 0 Å². The Hall–Kier alpha value is -1.53. The Balaban J connectivity index is 1.51. The summed E-state index contributed by atoms with van der Waals surface area (Å²) in [5, 5.41) is 0. The van der Waals surface area contributed by atoms with E-state index in [-0.39, 0.29) is 38.3 Å². The van der Waals surface area contributed by atoms with Gasteiger partial charge < -0.3 is 9.64 Å². The minimum Gasteiger partial charge on any atom is -0.493 e. The summed E-state index contributed by atoms with van der Waals surface area (Å²) in [6.07, 6.45) is 3.23. The molecular weight excluding hydrogens is 374 g/mol. The summed E-state index contributed by atoms with van der Waals surface area (Å²) in [5.74, 6) is -1.75. The van der Waals surface area contributed by atoms with E-state index in [9.17, 15) is 13.6 Å². The number of hydrogen-bond donors (Lipinski definition) is 0. The maximum Gasteiger partial charge on any atom is 0.250 e. The summed E-state index contributed by atoms with van der Waals surface area (Å²) in [4.78, 5) is 17.0. The zero-order valence-electron chi connectivity index (χ0n) is 18.0. The third-order valence-corrected chi connectivity index (χ3v) is 6.26. The number of Topliss-reactive ketones (excluding diaryl/α,β-unsaturated/α-hetero) is 1. The van der Waals surface area contributed by atoms with E-state index >= 15 is 0 Å². The second kappa shape index (κ2) is 9.52. The van der Waals surface area contributed by atoms with Crippen LogP contribution in [0.2, 0.25) is 0 Å². The summed E-state index contributed by atoms with van der Waals surface area (Å²) in [6.45, 7) is 9.86. The minimum atomic E-state index is -2.58. The molecule has 0 N–H and O–H groups in total. The van der Waals surface area contributed by atoms with Crippen molar-refractivity contribution in [2.75, 3.05) is 39.3 Å². The third-order valence-electron chi connectivity index (χ3n) is 6.26. The molecule has 1 aromatic carbocycles. The van der Waals surface area contributed by atoms with Gasteiger partial charge in [0, 0.05) is 44.1 Å². The van der Waals surface area contributed by atoms with E-state index in [1.807, 2.05) is 30.9 Å². The second-order valence-corrected chi connectivity index (χ2v) is 8.72. The smallest absolute Gasteiger partial charge is 0.250 e. The zero-order chi connectivity index (χ0) is 21.0. The number of aryl methyl sites for hydroxylation is 2. The molecule has 2 heterocycles. The number of rotatable bonds is 8. The van der Waals surface area contributed by atoms with Crippen molar-refractivity contribution in [3.63, 3.8) is 0 Å². The van der Waals surface area contributed by atoms with E-state index in [0.29, 0.717) is 18.2 Å². The number of benzene rings is 1. The molecule has 0 saturated carbocycles. The van der Waals surface area contributed by atoms with Crippen molar-refractivity contribution in [1.29, 1.82) is 0 Å². The summed E-state index contributed by atoms with van der Waals surface area (Å²) >= 11 is 0. The number of likely N-dealkylation sites (tertiary alicyclic amines) is 2. The van der Waals surface area contributed by atoms with Crippen LogP contribution in [0.15, 0.2) is 12.1 Å². The van der Waals surface area contributed by atoms with Crippen LogP contribution in [0.25, 0.3) is 0 Å². The molecule has 162 valence electrons. The number of halogens is 2. The van der Waals surface area contributed by atoms with Crippen molar-refractivity contribution >= 4 is 5.78 Å². The summed E-state index contributed by atoms with van der Waals surface area (Å²) in [7, 11) is 0. The first-order valence-electron chi connectivity index (χ1n) is 10.9. The van der Waals surface area contributed by atoms with E-state index in [0.717, 1.165) is 29.8 Å². The van der Waals surface area contributed by atoms with E-state index in [4.69, 9.17) is 4.74 Å². The van der Waals surface area contributed by atoms with Gasteiger partial charge in [0.2, 0.25) is 0 Å². The Bertz CT molecular complexity index is 690. The van der Waals surface area contributed by atoms with Crippen molar-refractivity contribution in [3.8, 4) is 5.75 Å². The van der Waals surface area contributed by atoms with Crippen LogP contribution >= 0.6 is 0 Å². The van der Waals surface area contributed by atoms with Gasteiger partial charge >= 0.3 is 0 Å². The molecule has 2 aliphatic heterocycles. The maximum absolute atomic E-state index is 13.3. The standard InChI is InChI=1S/C23H34F2N2O2/c1-17-14-20(21(28)16-26-11-7-23(24,25)8-12-26)15-18(2)22(17)29-13-5-10-27-9-4-6-19(27)3/h14-15,19H,4-13,16H2,1-3H3/t19-/m1/s1. The average molecular weight is 409 g/mol. The lowest BCUT2D eigenvalue weighted by Gasteiger charge is -2.31. The Labute approximate surface area is 173 Å². The highest BCUT2D eigenvalue weighted by atomic mass is 19.3. The lowest BCUT2D eigenvalue weighted by Crippen LogP contribution is -2.41. The number of carbonyl (C=O) groups is 1. The maximum atomic E-state index is 13.3. The molecule has 1 aromatic rings. The Morgan fingerprint density at radius 1 is 1.17 bits per heavy atom. The topological polar surface area (TPSA) is 32.8 Å². The summed E-state index contributed by atoms with van der Waals surface area (Å²) in [6, 6.07) is 4.41. The fourth-order valence-corrected chi connectivity index (χ4v) is 4.44. The van der Waals surface area contributed by atoms with Gasteiger partial charge in [0.05, 0.1) is 13.2 Å². The van der Waals surface area contributed by atoms with Crippen molar-refractivity contribution in [2.24, 2.45) is 0 Å². The third kappa shape index (κ3) is 5.98. The molecule has 0 amide bonds. The average Bonchev–Trinajstić information content (AvgIpc) is 3.07. The molecule has 2 aliphatic rings. The molecule has 0 radical (unpaired) electrons. The fourth-order valence-electron chi connectivity index (χ4n) is 4.44. The summed E-state index contributed by atoms with van der Waals surface area (Å²) < 4.78 is 32.6. The summed E-state index contributed by atoms with van der Waals surface area (Å²) in [5.41, 5.74) is 2.54. The van der Waals surface area contributed by atoms with E-state index in [1.54, 1.807) is 0 Å². The largest absolute Gasteiger partial charge is 0.493 e. The van der Waals surface area contributed by atoms with Crippen LogP contribution in [0.5, 0.6) is 5.75 Å². The van der Waals surface area contributed by atoms with Crippen LogP contribution in [-0.2, 0) is 0 Å². The number of nitrogens with zero attached hydrogens (tertiary/aromatic N) is 2. The number of piperidine rings is 1. The van der Waals surface area contributed by atoms with Gasteiger partial charge in [-0.25, -0.2) is 8.78 Å². The minimum absolute atomic E-state index is 0.0176. The molecule has 6 heteroatoms. The molecule has 0 bridgehead atoms. The molecule has 4 nitrogen and oxygen atoms in total. The molecule has 0 spiro atoms. The lowest BCUT2D eigenvalue weighted by atomic mass is 10.0. The van der Waals surface area contributed by atoms with Gasteiger partial charge in [-0.15, -0.1) is 0 Å². The number of ketones is 1. The van der Waals surface area contributed by atoms with Gasteiger partial charge in [-0.2, -0.15) is 0 Å². The van der Waals surface area contributed by atoms with Crippen LogP contribution in [0.4, 0.5) is 8.78 Å². The number of alkyl halides is 2. The van der Waals surface area contributed by atoms with Gasteiger partial charge in [0.25, 0.3) is 5.92 Å². The van der Waals surface area contributed by atoms with Crippen molar-refractivity contribution in [3.05, 3.63) is 28.8 Å². The van der Waals surface area contributed by atoms with Gasteiger partial charge in [0.15, 0.2) is 5.78 Å². The highest BCUT2D eigenvalue weighted by molar-refractivity contribution is 5.98. The fraction of sp³-hybridized carbons (Fsp3) is 0.696. The predicted molar refractivity (Wildman–Crippen MR) is 111 cm³/mol.